The molecule has 0 aliphatic rings. The molecule has 3 rings (SSSR count). The summed E-state index contributed by atoms with van der Waals surface area (Å²) in [6.45, 7) is 0. The van der Waals surface area contributed by atoms with Crippen LogP contribution in [-0.2, 0) is 0 Å². The third-order valence-corrected chi connectivity index (χ3v) is 3.56. The van der Waals surface area contributed by atoms with Crippen molar-refractivity contribution in [2.24, 2.45) is 0 Å². The standard InChI is InChI=1S/C10H8N4S2/c11-9-12-13-10(15)14(9)7-1-2-8-6(5-7)3-4-16-8/h1-5H,(H2,11,12)(H,13,15). The first kappa shape index (κ1) is 9.56. The Morgan fingerprint density at radius 2 is 2.25 bits per heavy atom. The molecule has 16 heavy (non-hydrogen) atoms. The molecule has 3 aromatic rings. The lowest BCUT2D eigenvalue weighted by Crippen LogP contribution is -2.00. The van der Waals surface area contributed by atoms with E-state index in [9.17, 15) is 0 Å². The normalized spacial score (nSPS) is 11.0. The fourth-order valence-corrected chi connectivity index (χ4v) is 2.67. The number of fused-ring (bicyclic) bond motifs is 1. The molecule has 0 spiro atoms. The summed E-state index contributed by atoms with van der Waals surface area (Å²) in [4.78, 5) is 0. The molecule has 0 unspecified atom stereocenters. The van der Waals surface area contributed by atoms with E-state index >= 15 is 0 Å². The number of nitrogens with one attached hydrogen (secondary N) is 1. The molecular formula is C10H8N4S2. The van der Waals surface area contributed by atoms with Crippen molar-refractivity contribution in [3.63, 3.8) is 0 Å². The minimum atomic E-state index is 0.375. The number of nitrogens with zero attached hydrogens (tertiary/aromatic N) is 2. The van der Waals surface area contributed by atoms with Gasteiger partial charge in [0.25, 0.3) is 0 Å². The molecule has 4 nitrogen and oxygen atoms in total. The Balaban J connectivity index is 2.30. The predicted molar refractivity (Wildman–Crippen MR) is 68.5 cm³/mol. The van der Waals surface area contributed by atoms with E-state index in [-0.39, 0.29) is 0 Å². The van der Waals surface area contributed by atoms with Gasteiger partial charge in [-0.1, -0.05) is 0 Å². The average molecular weight is 248 g/mol. The van der Waals surface area contributed by atoms with E-state index in [0.29, 0.717) is 10.7 Å². The van der Waals surface area contributed by atoms with Gasteiger partial charge < -0.3 is 5.73 Å². The van der Waals surface area contributed by atoms with Crippen LogP contribution >= 0.6 is 23.6 Å². The van der Waals surface area contributed by atoms with Gasteiger partial charge in [-0.25, -0.2) is 5.10 Å². The number of aromatic amines is 1. The maximum absolute atomic E-state index is 5.75. The van der Waals surface area contributed by atoms with Crippen LogP contribution in [-0.4, -0.2) is 14.8 Å². The second-order valence-corrected chi connectivity index (χ2v) is 4.70. The number of aromatic nitrogens is 3. The summed E-state index contributed by atoms with van der Waals surface area (Å²) in [6.07, 6.45) is 0. The van der Waals surface area contributed by atoms with Crippen molar-refractivity contribution < 1.29 is 0 Å². The first-order valence-electron chi connectivity index (χ1n) is 4.66. The molecule has 0 amide bonds. The number of hydrogen-bond acceptors (Lipinski definition) is 4. The van der Waals surface area contributed by atoms with Crippen LogP contribution in [0.4, 0.5) is 5.95 Å². The Morgan fingerprint density at radius 3 is 3.00 bits per heavy atom. The maximum atomic E-state index is 5.75. The topological polar surface area (TPSA) is 59.6 Å². The second-order valence-electron chi connectivity index (χ2n) is 3.37. The van der Waals surface area contributed by atoms with E-state index in [0.717, 1.165) is 5.69 Å². The van der Waals surface area contributed by atoms with E-state index < -0.39 is 0 Å². The molecule has 0 saturated carbocycles. The molecule has 0 bridgehead atoms. The number of anilines is 1. The van der Waals surface area contributed by atoms with Gasteiger partial charge in [0.15, 0.2) is 0 Å². The molecule has 0 atom stereocenters. The molecule has 0 aliphatic heterocycles. The summed E-state index contributed by atoms with van der Waals surface area (Å²) in [7, 11) is 0. The second kappa shape index (κ2) is 3.43. The highest BCUT2D eigenvalue weighted by Gasteiger charge is 2.05. The smallest absolute Gasteiger partial charge is 0.225 e. The van der Waals surface area contributed by atoms with Gasteiger partial charge in [-0.15, -0.1) is 16.4 Å². The lowest BCUT2D eigenvalue weighted by atomic mass is 10.2. The van der Waals surface area contributed by atoms with Gasteiger partial charge in [-0.3, -0.25) is 4.57 Å². The molecule has 1 aromatic carbocycles. The van der Waals surface area contributed by atoms with Crippen molar-refractivity contribution in [1.82, 2.24) is 14.8 Å². The number of thiophene rings is 1. The summed E-state index contributed by atoms with van der Waals surface area (Å²) in [5.74, 6) is 0.375. The lowest BCUT2D eigenvalue weighted by molar-refractivity contribution is 1.04. The number of H-pyrrole nitrogens is 1. The van der Waals surface area contributed by atoms with Crippen LogP contribution in [0.2, 0.25) is 0 Å². The summed E-state index contributed by atoms with van der Waals surface area (Å²) in [5.41, 5.74) is 6.68. The lowest BCUT2D eigenvalue weighted by Gasteiger charge is -2.03. The van der Waals surface area contributed by atoms with E-state index in [1.807, 2.05) is 12.1 Å². The van der Waals surface area contributed by atoms with Crippen molar-refractivity contribution in [3.8, 4) is 5.69 Å². The van der Waals surface area contributed by atoms with Gasteiger partial charge >= 0.3 is 0 Å². The quantitative estimate of drug-likeness (QED) is 0.651. The molecule has 0 aliphatic carbocycles. The molecule has 2 aromatic heterocycles. The number of nitrogen functional groups attached to an aromatic ring is 1. The minimum absolute atomic E-state index is 0.375. The van der Waals surface area contributed by atoms with Crippen molar-refractivity contribution in [1.29, 1.82) is 0 Å². The average Bonchev–Trinajstić information content (AvgIpc) is 2.85. The zero-order valence-corrected chi connectivity index (χ0v) is 9.81. The zero-order valence-electron chi connectivity index (χ0n) is 8.18. The summed E-state index contributed by atoms with van der Waals surface area (Å²) in [5, 5.41) is 9.80. The van der Waals surface area contributed by atoms with Crippen LogP contribution in [0, 0.1) is 4.77 Å². The van der Waals surface area contributed by atoms with Crippen molar-refractivity contribution in [2.75, 3.05) is 5.73 Å². The summed E-state index contributed by atoms with van der Waals surface area (Å²) >= 11 is 6.84. The monoisotopic (exact) mass is 248 g/mol. The van der Waals surface area contributed by atoms with E-state index in [4.69, 9.17) is 18.0 Å². The zero-order chi connectivity index (χ0) is 11.1. The van der Waals surface area contributed by atoms with E-state index in [1.54, 1.807) is 15.9 Å². The molecule has 6 heteroatoms. The Hall–Kier alpha value is -1.66. The number of hydrogen-bond donors (Lipinski definition) is 2. The van der Waals surface area contributed by atoms with Crippen molar-refractivity contribution >= 4 is 39.6 Å². The molecule has 2 heterocycles. The highest BCUT2D eigenvalue weighted by molar-refractivity contribution is 7.71. The fraction of sp³-hybridized carbons (Fsp3) is 0. The fourth-order valence-electron chi connectivity index (χ4n) is 1.65. The third kappa shape index (κ3) is 1.35. The first-order valence-corrected chi connectivity index (χ1v) is 5.95. The van der Waals surface area contributed by atoms with Gasteiger partial charge in [0, 0.05) is 4.70 Å². The van der Waals surface area contributed by atoms with E-state index in [2.05, 4.69) is 27.7 Å². The van der Waals surface area contributed by atoms with Crippen LogP contribution in [0.3, 0.4) is 0 Å². The van der Waals surface area contributed by atoms with Crippen molar-refractivity contribution in [3.05, 3.63) is 34.4 Å². The largest absolute Gasteiger partial charge is 0.368 e. The van der Waals surface area contributed by atoms with Crippen molar-refractivity contribution in [2.45, 2.75) is 0 Å². The maximum Gasteiger partial charge on any atom is 0.225 e. The Morgan fingerprint density at radius 1 is 1.38 bits per heavy atom. The first-order chi connectivity index (χ1) is 7.75. The number of benzene rings is 1. The molecule has 3 N–H and O–H groups in total. The summed E-state index contributed by atoms with van der Waals surface area (Å²) < 4.78 is 3.47. The van der Waals surface area contributed by atoms with E-state index in [1.165, 1.54) is 10.1 Å². The van der Waals surface area contributed by atoms with Gasteiger partial charge in [0.1, 0.15) is 0 Å². The third-order valence-electron chi connectivity index (χ3n) is 2.39. The van der Waals surface area contributed by atoms with Gasteiger partial charge in [0.2, 0.25) is 10.7 Å². The minimum Gasteiger partial charge on any atom is -0.368 e. The Kier molecular flexibility index (Phi) is 2.05. The van der Waals surface area contributed by atoms with Gasteiger partial charge in [0.05, 0.1) is 5.69 Å². The van der Waals surface area contributed by atoms with Gasteiger partial charge in [-0.05, 0) is 47.2 Å². The highest BCUT2D eigenvalue weighted by Crippen LogP contribution is 2.24. The van der Waals surface area contributed by atoms with Crippen LogP contribution in [0.25, 0.3) is 15.8 Å². The molecule has 0 radical (unpaired) electrons. The van der Waals surface area contributed by atoms with Crippen LogP contribution in [0.1, 0.15) is 0 Å². The van der Waals surface area contributed by atoms with Crippen LogP contribution in [0.15, 0.2) is 29.6 Å². The number of rotatable bonds is 1. The SMILES string of the molecule is Nc1n[nH]c(=S)n1-c1ccc2sccc2c1. The molecule has 80 valence electrons. The summed E-state index contributed by atoms with van der Waals surface area (Å²) in [6, 6.07) is 8.17. The van der Waals surface area contributed by atoms with Crippen LogP contribution < -0.4 is 5.73 Å². The van der Waals surface area contributed by atoms with Crippen LogP contribution in [0.5, 0.6) is 0 Å². The number of nitrogens with two attached hydrogens (primary N) is 1. The Labute approximate surface area is 100 Å². The molecule has 0 saturated heterocycles. The molecule has 0 fully saturated rings. The predicted octanol–water partition coefficient (Wildman–Crippen LogP) is 2.73. The Bertz CT molecular complexity index is 707. The highest BCUT2D eigenvalue weighted by atomic mass is 32.1. The molecular weight excluding hydrogens is 240 g/mol. The van der Waals surface area contributed by atoms with Gasteiger partial charge in [-0.2, -0.15) is 0 Å².